The van der Waals surface area contributed by atoms with Crippen LogP contribution in [-0.2, 0) is 21.8 Å². The summed E-state index contributed by atoms with van der Waals surface area (Å²) in [5, 5.41) is 6.36. The SMILES string of the molecule is COc1cc(C)c(S(=O)(=O)Cc2noc(C(=O)NC3CCN(c4ccc(C(F)(F)F)cn4)C3)n2)c(C)c1. The second kappa shape index (κ2) is 10.00. The molecule has 1 fully saturated rings. The summed E-state index contributed by atoms with van der Waals surface area (Å²) in [6.07, 6.45) is -3.19. The van der Waals surface area contributed by atoms with E-state index in [1.165, 1.54) is 13.2 Å². The van der Waals surface area contributed by atoms with Crippen LogP contribution in [0.2, 0.25) is 0 Å². The van der Waals surface area contributed by atoms with Gasteiger partial charge in [-0.3, -0.25) is 4.79 Å². The first-order valence-electron chi connectivity index (χ1n) is 11.2. The Morgan fingerprint density at radius 1 is 1.24 bits per heavy atom. The highest BCUT2D eigenvalue weighted by molar-refractivity contribution is 7.90. The molecule has 1 aromatic carbocycles. The molecule has 37 heavy (non-hydrogen) atoms. The van der Waals surface area contributed by atoms with Gasteiger partial charge >= 0.3 is 18.0 Å². The molecule has 0 spiro atoms. The zero-order chi connectivity index (χ0) is 27.0. The van der Waals surface area contributed by atoms with E-state index < -0.39 is 33.2 Å². The number of ether oxygens (including phenoxy) is 1. The van der Waals surface area contributed by atoms with Crippen LogP contribution in [0.5, 0.6) is 5.75 Å². The van der Waals surface area contributed by atoms with E-state index in [-0.39, 0.29) is 22.7 Å². The second-order valence-corrected chi connectivity index (χ2v) is 10.6. The smallest absolute Gasteiger partial charge is 0.417 e. The van der Waals surface area contributed by atoms with Crippen molar-refractivity contribution in [3.8, 4) is 5.75 Å². The Labute approximate surface area is 210 Å². The monoisotopic (exact) mass is 539 g/mol. The largest absolute Gasteiger partial charge is 0.497 e. The standard InChI is InChI=1S/C23H24F3N5O5S/c1-13-8-17(35-3)9-14(2)20(13)37(33,34)12-18-29-22(36-30-18)21(32)28-16-6-7-31(11-16)19-5-4-15(10-27-19)23(24,25)26/h4-5,8-10,16H,6-7,11-12H2,1-3H3,(H,28,32). The number of sulfone groups is 1. The van der Waals surface area contributed by atoms with Gasteiger partial charge in [0.25, 0.3) is 0 Å². The summed E-state index contributed by atoms with van der Waals surface area (Å²) in [7, 11) is -2.35. The Hall–Kier alpha value is -3.68. The first-order chi connectivity index (χ1) is 17.4. The molecule has 3 aromatic rings. The zero-order valence-corrected chi connectivity index (χ0v) is 21.0. The van der Waals surface area contributed by atoms with Crippen LogP contribution < -0.4 is 15.0 Å². The van der Waals surface area contributed by atoms with Crippen molar-refractivity contribution in [1.82, 2.24) is 20.4 Å². The van der Waals surface area contributed by atoms with Crippen LogP contribution in [-0.4, -0.2) is 55.7 Å². The molecule has 1 atom stereocenters. The number of nitrogens with one attached hydrogen (secondary N) is 1. The van der Waals surface area contributed by atoms with Crippen LogP contribution in [0.15, 0.2) is 39.9 Å². The van der Waals surface area contributed by atoms with E-state index >= 15 is 0 Å². The number of aryl methyl sites for hydroxylation is 2. The lowest BCUT2D eigenvalue weighted by molar-refractivity contribution is -0.137. The Morgan fingerprint density at radius 3 is 2.54 bits per heavy atom. The molecule has 1 unspecified atom stereocenters. The number of alkyl halides is 3. The number of anilines is 1. The van der Waals surface area contributed by atoms with Crippen LogP contribution in [0.4, 0.5) is 19.0 Å². The number of aromatic nitrogens is 3. The van der Waals surface area contributed by atoms with Crippen molar-refractivity contribution in [2.24, 2.45) is 0 Å². The Kier molecular flexibility index (Phi) is 7.13. The number of halogens is 3. The van der Waals surface area contributed by atoms with Crippen molar-refractivity contribution in [3.05, 3.63) is 58.9 Å². The topological polar surface area (TPSA) is 128 Å². The van der Waals surface area contributed by atoms with Gasteiger partial charge in [0.15, 0.2) is 15.7 Å². The Balaban J connectivity index is 1.38. The third kappa shape index (κ3) is 5.84. The molecule has 14 heteroatoms. The summed E-state index contributed by atoms with van der Waals surface area (Å²) >= 11 is 0. The fourth-order valence-electron chi connectivity index (χ4n) is 4.24. The van der Waals surface area contributed by atoms with E-state index in [0.717, 1.165) is 12.3 Å². The summed E-state index contributed by atoms with van der Waals surface area (Å²) in [6, 6.07) is 5.11. The lowest BCUT2D eigenvalue weighted by Gasteiger charge is -2.18. The van der Waals surface area contributed by atoms with Gasteiger partial charge in [-0.15, -0.1) is 0 Å². The number of rotatable bonds is 7. The van der Waals surface area contributed by atoms with E-state index in [1.54, 1.807) is 30.9 Å². The van der Waals surface area contributed by atoms with Crippen molar-refractivity contribution in [2.45, 2.75) is 43.1 Å². The molecule has 1 aliphatic heterocycles. The van der Waals surface area contributed by atoms with E-state index in [0.29, 0.717) is 42.2 Å². The third-order valence-corrected chi connectivity index (χ3v) is 7.79. The molecule has 10 nitrogen and oxygen atoms in total. The van der Waals surface area contributed by atoms with E-state index in [2.05, 4.69) is 20.4 Å². The molecule has 0 saturated carbocycles. The first-order valence-corrected chi connectivity index (χ1v) is 12.8. The molecule has 1 saturated heterocycles. The molecule has 4 rings (SSSR count). The highest BCUT2D eigenvalue weighted by Gasteiger charge is 2.32. The van der Waals surface area contributed by atoms with E-state index in [9.17, 15) is 26.4 Å². The van der Waals surface area contributed by atoms with Crippen molar-refractivity contribution in [2.75, 3.05) is 25.1 Å². The molecule has 2 aromatic heterocycles. The maximum Gasteiger partial charge on any atom is 0.417 e. The van der Waals surface area contributed by atoms with Gasteiger partial charge in [-0.25, -0.2) is 13.4 Å². The number of amides is 1. The maximum absolute atomic E-state index is 13.0. The molecule has 1 aliphatic rings. The number of pyridine rings is 1. The van der Waals surface area contributed by atoms with Gasteiger partial charge in [0.1, 0.15) is 17.3 Å². The maximum atomic E-state index is 13.0. The van der Waals surface area contributed by atoms with Crippen molar-refractivity contribution < 1.29 is 35.6 Å². The molecule has 1 N–H and O–H groups in total. The van der Waals surface area contributed by atoms with Gasteiger partial charge in [0.05, 0.1) is 17.6 Å². The molecule has 0 aliphatic carbocycles. The average molecular weight is 540 g/mol. The molecular formula is C23H24F3N5O5S. The van der Waals surface area contributed by atoms with Gasteiger partial charge in [-0.1, -0.05) is 5.16 Å². The summed E-state index contributed by atoms with van der Waals surface area (Å²) in [6.45, 7) is 4.10. The van der Waals surface area contributed by atoms with Crippen molar-refractivity contribution >= 4 is 21.6 Å². The van der Waals surface area contributed by atoms with Gasteiger partial charge in [-0.05, 0) is 55.7 Å². The quantitative estimate of drug-likeness (QED) is 0.482. The predicted molar refractivity (Wildman–Crippen MR) is 125 cm³/mol. The molecule has 0 bridgehead atoms. The fourth-order valence-corrected chi connectivity index (χ4v) is 5.94. The highest BCUT2D eigenvalue weighted by atomic mass is 32.2. The van der Waals surface area contributed by atoms with Crippen LogP contribution in [0.1, 0.15) is 39.6 Å². The van der Waals surface area contributed by atoms with E-state index in [4.69, 9.17) is 9.26 Å². The lowest BCUT2D eigenvalue weighted by atomic mass is 10.1. The van der Waals surface area contributed by atoms with E-state index in [1.807, 2.05) is 0 Å². The Morgan fingerprint density at radius 2 is 1.95 bits per heavy atom. The second-order valence-electron chi connectivity index (χ2n) is 8.67. The molecule has 0 radical (unpaired) electrons. The molecule has 1 amide bonds. The summed E-state index contributed by atoms with van der Waals surface area (Å²) < 4.78 is 74.4. The molecule has 3 heterocycles. The minimum atomic E-state index is -4.47. The van der Waals surface area contributed by atoms with Gasteiger partial charge in [-0.2, -0.15) is 18.2 Å². The number of carbonyl (C=O) groups is 1. The van der Waals surface area contributed by atoms with Gasteiger partial charge in [0, 0.05) is 25.3 Å². The molecule has 198 valence electrons. The number of methoxy groups -OCH3 is 1. The Bertz CT molecular complexity index is 1380. The highest BCUT2D eigenvalue weighted by Crippen LogP contribution is 2.30. The third-order valence-electron chi connectivity index (χ3n) is 5.88. The fraction of sp³-hybridized carbons (Fsp3) is 0.391. The minimum Gasteiger partial charge on any atom is -0.497 e. The summed E-state index contributed by atoms with van der Waals surface area (Å²) in [4.78, 5) is 22.3. The minimum absolute atomic E-state index is 0.132. The number of nitrogens with zero attached hydrogens (tertiary/aromatic N) is 4. The lowest BCUT2D eigenvalue weighted by Crippen LogP contribution is -2.37. The molecular weight excluding hydrogens is 515 g/mol. The normalized spacial score (nSPS) is 16.2. The van der Waals surface area contributed by atoms with Crippen molar-refractivity contribution in [1.29, 1.82) is 0 Å². The number of benzene rings is 1. The van der Waals surface area contributed by atoms with Crippen LogP contribution >= 0.6 is 0 Å². The predicted octanol–water partition coefficient (Wildman–Crippen LogP) is 3.09. The van der Waals surface area contributed by atoms with Crippen LogP contribution in [0, 0.1) is 13.8 Å². The van der Waals surface area contributed by atoms with Crippen LogP contribution in [0.25, 0.3) is 0 Å². The zero-order valence-electron chi connectivity index (χ0n) is 20.2. The first kappa shape index (κ1) is 26.4. The summed E-state index contributed by atoms with van der Waals surface area (Å²) in [5.41, 5.74) is 0.171. The van der Waals surface area contributed by atoms with Gasteiger partial charge in [0.2, 0.25) is 0 Å². The number of carbonyl (C=O) groups excluding carboxylic acids is 1. The number of hydrogen-bond acceptors (Lipinski definition) is 9. The van der Waals surface area contributed by atoms with Gasteiger partial charge < -0.3 is 19.5 Å². The number of hydrogen-bond donors (Lipinski definition) is 1. The summed E-state index contributed by atoms with van der Waals surface area (Å²) in [5.74, 6) is -0.901. The average Bonchev–Trinajstić information content (AvgIpc) is 3.47. The van der Waals surface area contributed by atoms with Crippen LogP contribution in [0.3, 0.4) is 0 Å². The van der Waals surface area contributed by atoms with Crippen molar-refractivity contribution in [3.63, 3.8) is 0 Å².